The highest BCUT2D eigenvalue weighted by Gasteiger charge is 2.44. The monoisotopic (exact) mass is 224 g/mol. The van der Waals surface area contributed by atoms with Crippen molar-refractivity contribution in [2.75, 3.05) is 20.1 Å². The zero-order chi connectivity index (χ0) is 12.2. The van der Waals surface area contributed by atoms with Crippen LogP contribution in [0.1, 0.15) is 46.5 Å². The quantitative estimate of drug-likeness (QED) is 0.698. The average Bonchev–Trinajstić information content (AvgIpc) is 2.70. The average molecular weight is 224 g/mol. The Morgan fingerprint density at radius 2 is 1.81 bits per heavy atom. The minimum atomic E-state index is 0.323. The fourth-order valence-electron chi connectivity index (χ4n) is 3.60. The molecule has 0 amide bonds. The molecule has 1 N–H and O–H groups in total. The Hall–Kier alpha value is -0.340. The zero-order valence-corrected chi connectivity index (χ0v) is 11.5. The van der Waals surface area contributed by atoms with Crippen LogP contribution in [0.5, 0.6) is 0 Å². The first-order valence-corrected chi connectivity index (χ1v) is 6.70. The standard InChI is InChI=1S/C14H28N2/c1-6-16(7-2)14(10-8-9-11-14)13(15-5)12(3)4/h13,15H,3,6-11H2,1-2,4-5H3. The molecular formula is C14H28N2. The van der Waals surface area contributed by atoms with Gasteiger partial charge >= 0.3 is 0 Å². The van der Waals surface area contributed by atoms with E-state index in [1.165, 1.54) is 31.3 Å². The molecule has 1 atom stereocenters. The first kappa shape index (κ1) is 13.7. The number of nitrogens with one attached hydrogen (secondary N) is 1. The molecule has 1 unspecified atom stereocenters. The molecule has 1 aliphatic rings. The Labute approximate surface area is 101 Å². The minimum Gasteiger partial charge on any atom is -0.312 e. The van der Waals surface area contributed by atoms with E-state index in [4.69, 9.17) is 0 Å². The molecule has 1 aliphatic carbocycles. The second-order valence-corrected chi connectivity index (χ2v) is 5.05. The first-order valence-electron chi connectivity index (χ1n) is 6.70. The van der Waals surface area contributed by atoms with Crippen LogP contribution in [-0.2, 0) is 0 Å². The number of nitrogens with zero attached hydrogens (tertiary/aromatic N) is 1. The van der Waals surface area contributed by atoms with Gasteiger partial charge in [-0.3, -0.25) is 4.90 Å². The van der Waals surface area contributed by atoms with Gasteiger partial charge in [0.25, 0.3) is 0 Å². The van der Waals surface area contributed by atoms with Gasteiger partial charge in [-0.25, -0.2) is 0 Å². The van der Waals surface area contributed by atoms with Gasteiger partial charge < -0.3 is 5.32 Å². The predicted octanol–water partition coefficient (Wildman–Crippen LogP) is 2.81. The van der Waals surface area contributed by atoms with Crippen molar-refractivity contribution in [2.45, 2.75) is 58.0 Å². The zero-order valence-electron chi connectivity index (χ0n) is 11.5. The molecule has 0 spiro atoms. The molecule has 2 heteroatoms. The molecule has 1 fully saturated rings. The molecule has 2 nitrogen and oxygen atoms in total. The van der Waals surface area contributed by atoms with Gasteiger partial charge in [-0.15, -0.1) is 0 Å². The van der Waals surface area contributed by atoms with E-state index < -0.39 is 0 Å². The maximum Gasteiger partial charge on any atom is 0.0458 e. The van der Waals surface area contributed by atoms with Gasteiger partial charge in [0.15, 0.2) is 0 Å². The lowest BCUT2D eigenvalue weighted by Gasteiger charge is -2.46. The summed E-state index contributed by atoms with van der Waals surface area (Å²) in [5.41, 5.74) is 1.60. The number of hydrogen-bond acceptors (Lipinski definition) is 2. The van der Waals surface area contributed by atoms with Gasteiger partial charge in [0.2, 0.25) is 0 Å². The van der Waals surface area contributed by atoms with E-state index in [9.17, 15) is 0 Å². The van der Waals surface area contributed by atoms with Crippen molar-refractivity contribution in [3.05, 3.63) is 12.2 Å². The summed E-state index contributed by atoms with van der Waals surface area (Å²) in [6, 6.07) is 0.440. The van der Waals surface area contributed by atoms with E-state index in [0.29, 0.717) is 11.6 Å². The smallest absolute Gasteiger partial charge is 0.0458 e. The van der Waals surface area contributed by atoms with Crippen LogP contribution < -0.4 is 5.32 Å². The van der Waals surface area contributed by atoms with Crippen LogP contribution in [0.4, 0.5) is 0 Å². The van der Waals surface area contributed by atoms with Crippen LogP contribution in [0, 0.1) is 0 Å². The molecule has 0 heterocycles. The van der Waals surface area contributed by atoms with E-state index in [0.717, 1.165) is 13.1 Å². The Balaban J connectivity index is 2.98. The van der Waals surface area contributed by atoms with Crippen molar-refractivity contribution >= 4 is 0 Å². The molecule has 0 saturated heterocycles. The first-order chi connectivity index (χ1) is 7.62. The molecule has 0 aromatic carbocycles. The van der Waals surface area contributed by atoms with Crippen LogP contribution in [0.25, 0.3) is 0 Å². The molecule has 0 radical (unpaired) electrons. The summed E-state index contributed by atoms with van der Waals surface area (Å²) in [5, 5.41) is 3.49. The SMILES string of the molecule is C=C(C)C(NC)C1(N(CC)CC)CCCC1. The normalized spacial score (nSPS) is 21.3. The van der Waals surface area contributed by atoms with E-state index in [1.807, 2.05) is 0 Å². The Kier molecular flexibility index (Phi) is 5.00. The second kappa shape index (κ2) is 5.83. The number of rotatable bonds is 6. The largest absolute Gasteiger partial charge is 0.312 e. The summed E-state index contributed by atoms with van der Waals surface area (Å²) < 4.78 is 0. The minimum absolute atomic E-state index is 0.323. The van der Waals surface area contributed by atoms with Crippen molar-refractivity contribution in [3.63, 3.8) is 0 Å². The summed E-state index contributed by atoms with van der Waals surface area (Å²) in [6.07, 6.45) is 5.35. The van der Waals surface area contributed by atoms with Gasteiger partial charge in [0.1, 0.15) is 0 Å². The topological polar surface area (TPSA) is 15.3 Å². The lowest BCUT2D eigenvalue weighted by atomic mass is 9.82. The van der Waals surface area contributed by atoms with E-state index in [-0.39, 0.29) is 0 Å². The van der Waals surface area contributed by atoms with Gasteiger partial charge in [-0.2, -0.15) is 0 Å². The molecule has 0 aromatic heterocycles. The highest BCUT2D eigenvalue weighted by molar-refractivity contribution is 5.16. The molecule has 0 aliphatic heterocycles. The van der Waals surface area contributed by atoms with Gasteiger partial charge in [0, 0.05) is 11.6 Å². The molecule has 1 saturated carbocycles. The summed E-state index contributed by atoms with van der Waals surface area (Å²) in [5.74, 6) is 0. The van der Waals surface area contributed by atoms with E-state index in [1.54, 1.807) is 0 Å². The van der Waals surface area contributed by atoms with Crippen LogP contribution in [-0.4, -0.2) is 36.6 Å². The maximum absolute atomic E-state index is 4.18. The molecule has 94 valence electrons. The van der Waals surface area contributed by atoms with Gasteiger partial charge in [-0.05, 0) is 39.9 Å². The van der Waals surface area contributed by atoms with Crippen molar-refractivity contribution < 1.29 is 0 Å². The highest BCUT2D eigenvalue weighted by Crippen LogP contribution is 2.39. The van der Waals surface area contributed by atoms with Crippen molar-refractivity contribution in [1.82, 2.24) is 10.2 Å². The van der Waals surface area contributed by atoms with Crippen LogP contribution in [0.2, 0.25) is 0 Å². The summed E-state index contributed by atoms with van der Waals surface area (Å²) >= 11 is 0. The van der Waals surface area contributed by atoms with Crippen LogP contribution in [0.15, 0.2) is 12.2 Å². The molecule has 1 rings (SSSR count). The lowest BCUT2D eigenvalue weighted by Crippen LogP contribution is -2.59. The van der Waals surface area contributed by atoms with Crippen molar-refractivity contribution in [2.24, 2.45) is 0 Å². The third kappa shape index (κ3) is 2.33. The Bertz CT molecular complexity index is 225. The van der Waals surface area contributed by atoms with Crippen LogP contribution in [0.3, 0.4) is 0 Å². The summed E-state index contributed by atoms with van der Waals surface area (Å²) in [4.78, 5) is 2.63. The molecular weight excluding hydrogens is 196 g/mol. The molecule has 0 bridgehead atoms. The number of likely N-dealkylation sites (N-methyl/N-ethyl adjacent to an activating group) is 2. The second-order valence-electron chi connectivity index (χ2n) is 5.05. The Morgan fingerprint density at radius 1 is 1.31 bits per heavy atom. The number of hydrogen-bond donors (Lipinski definition) is 1. The van der Waals surface area contributed by atoms with Gasteiger partial charge in [0.05, 0.1) is 0 Å². The van der Waals surface area contributed by atoms with E-state index >= 15 is 0 Å². The third-order valence-electron chi connectivity index (χ3n) is 4.18. The van der Waals surface area contributed by atoms with Gasteiger partial charge in [-0.1, -0.05) is 38.8 Å². The lowest BCUT2D eigenvalue weighted by molar-refractivity contribution is 0.0782. The third-order valence-corrected chi connectivity index (χ3v) is 4.18. The summed E-state index contributed by atoms with van der Waals surface area (Å²) in [7, 11) is 2.07. The van der Waals surface area contributed by atoms with E-state index in [2.05, 4.69) is 44.6 Å². The fraction of sp³-hybridized carbons (Fsp3) is 0.857. The molecule has 16 heavy (non-hydrogen) atoms. The predicted molar refractivity (Wildman–Crippen MR) is 71.8 cm³/mol. The molecule has 0 aromatic rings. The van der Waals surface area contributed by atoms with Crippen molar-refractivity contribution in [3.8, 4) is 0 Å². The summed E-state index contributed by atoms with van der Waals surface area (Å²) in [6.45, 7) is 13.2. The maximum atomic E-state index is 4.18. The fourth-order valence-corrected chi connectivity index (χ4v) is 3.60. The van der Waals surface area contributed by atoms with Crippen molar-refractivity contribution in [1.29, 1.82) is 0 Å². The van der Waals surface area contributed by atoms with Crippen LogP contribution >= 0.6 is 0 Å². The Morgan fingerprint density at radius 3 is 2.12 bits per heavy atom. The highest BCUT2D eigenvalue weighted by atomic mass is 15.2.